The van der Waals surface area contributed by atoms with Crippen molar-refractivity contribution in [1.82, 2.24) is 0 Å². The maximum Gasteiger partial charge on any atom is 0.270 e. The topological polar surface area (TPSA) is 29.4 Å². The van der Waals surface area contributed by atoms with Gasteiger partial charge in [0.15, 0.2) is 0 Å². The van der Waals surface area contributed by atoms with Gasteiger partial charge in [-0.25, -0.2) is 4.99 Å². The molecule has 0 aromatic carbocycles. The van der Waals surface area contributed by atoms with Gasteiger partial charge in [0.2, 0.25) is 0 Å². The average Bonchev–Trinajstić information content (AvgIpc) is 2.39. The van der Waals surface area contributed by atoms with E-state index in [0.717, 1.165) is 5.71 Å². The third-order valence-corrected chi connectivity index (χ3v) is 2.26. The zero-order valence-electron chi connectivity index (χ0n) is 7.35. The lowest BCUT2D eigenvalue weighted by molar-refractivity contribution is -0.108. The first-order valence-corrected chi connectivity index (χ1v) is 4.67. The molecule has 0 spiro atoms. The van der Waals surface area contributed by atoms with E-state index in [4.69, 9.17) is 11.6 Å². The van der Waals surface area contributed by atoms with E-state index in [1.54, 1.807) is 12.2 Å². The van der Waals surface area contributed by atoms with Crippen LogP contribution in [0.15, 0.2) is 53.2 Å². The van der Waals surface area contributed by atoms with Crippen LogP contribution in [0.25, 0.3) is 0 Å². The first kappa shape index (κ1) is 9.16. The molecule has 2 rings (SSSR count). The first-order chi connectivity index (χ1) is 6.77. The maximum atomic E-state index is 10.9. The number of nitrogens with zero attached hydrogens (tertiary/aromatic N) is 1. The monoisotopic (exact) mass is 205 g/mol. The fraction of sp³-hybridized carbons (Fsp3) is 0.0909. The summed E-state index contributed by atoms with van der Waals surface area (Å²) in [5, 5.41) is -0.522. The number of allylic oxidation sites excluding steroid dienone is 8. The van der Waals surface area contributed by atoms with Gasteiger partial charge in [0.1, 0.15) is 5.70 Å². The second-order valence-electron chi connectivity index (χ2n) is 3.02. The molecule has 0 N–H and O–H groups in total. The average molecular weight is 206 g/mol. The van der Waals surface area contributed by atoms with E-state index in [0.29, 0.717) is 5.70 Å². The van der Waals surface area contributed by atoms with Gasteiger partial charge in [-0.1, -0.05) is 30.4 Å². The molecule has 0 saturated carbocycles. The first-order valence-electron chi connectivity index (χ1n) is 4.29. The molecule has 14 heavy (non-hydrogen) atoms. The lowest BCUT2D eigenvalue weighted by Gasteiger charge is -2.09. The molecule has 1 heterocycles. The van der Waals surface area contributed by atoms with Gasteiger partial charge in [-0.2, -0.15) is 0 Å². The Balaban J connectivity index is 2.40. The summed E-state index contributed by atoms with van der Waals surface area (Å²) in [5.74, 6) is 0.157. The predicted molar refractivity (Wildman–Crippen MR) is 57.3 cm³/mol. The van der Waals surface area contributed by atoms with E-state index >= 15 is 0 Å². The molecule has 70 valence electrons. The third kappa shape index (κ3) is 1.75. The van der Waals surface area contributed by atoms with Crippen molar-refractivity contribution < 1.29 is 4.79 Å². The van der Waals surface area contributed by atoms with Crippen LogP contribution in [-0.4, -0.2) is 11.0 Å². The van der Waals surface area contributed by atoms with Crippen LogP contribution in [0.5, 0.6) is 0 Å². The molecule has 0 radical (unpaired) electrons. The Bertz CT molecular complexity index is 413. The fourth-order valence-electron chi connectivity index (χ4n) is 1.37. The van der Waals surface area contributed by atoms with Gasteiger partial charge in [-0.05, 0) is 23.8 Å². The van der Waals surface area contributed by atoms with Gasteiger partial charge in [0.05, 0.1) is 5.71 Å². The molecule has 0 aromatic heterocycles. The zero-order chi connectivity index (χ0) is 9.97. The lowest BCUT2D eigenvalue weighted by atomic mass is 9.98. The number of carbonyl (C=O) groups is 1. The van der Waals surface area contributed by atoms with E-state index in [1.807, 2.05) is 30.4 Å². The highest BCUT2D eigenvalue weighted by atomic mass is 35.5. The van der Waals surface area contributed by atoms with Crippen molar-refractivity contribution in [3.05, 3.63) is 48.2 Å². The van der Waals surface area contributed by atoms with Crippen LogP contribution in [0.4, 0.5) is 0 Å². The third-order valence-electron chi connectivity index (χ3n) is 2.06. The molecule has 0 saturated heterocycles. The van der Waals surface area contributed by atoms with E-state index in [2.05, 4.69) is 4.99 Å². The highest BCUT2D eigenvalue weighted by Gasteiger charge is 2.14. The summed E-state index contributed by atoms with van der Waals surface area (Å²) in [6, 6.07) is 0. The molecule has 1 aliphatic heterocycles. The van der Waals surface area contributed by atoms with Gasteiger partial charge in [0.25, 0.3) is 5.24 Å². The van der Waals surface area contributed by atoms with Gasteiger partial charge in [0, 0.05) is 5.92 Å². The summed E-state index contributed by atoms with van der Waals surface area (Å²) in [6.45, 7) is 0. The van der Waals surface area contributed by atoms with Crippen molar-refractivity contribution >= 4 is 22.6 Å². The van der Waals surface area contributed by atoms with Crippen molar-refractivity contribution in [2.45, 2.75) is 0 Å². The van der Waals surface area contributed by atoms with Crippen LogP contribution in [-0.2, 0) is 4.79 Å². The van der Waals surface area contributed by atoms with Gasteiger partial charge in [-0.15, -0.1) is 0 Å². The number of carbonyl (C=O) groups excluding carboxylic acids is 1. The van der Waals surface area contributed by atoms with Crippen molar-refractivity contribution in [3.8, 4) is 0 Å². The highest BCUT2D eigenvalue weighted by Crippen LogP contribution is 2.17. The van der Waals surface area contributed by atoms with Crippen LogP contribution in [0.2, 0.25) is 0 Å². The number of hydrogen-bond donors (Lipinski definition) is 0. The van der Waals surface area contributed by atoms with Crippen LogP contribution in [0.1, 0.15) is 0 Å². The summed E-state index contributed by atoms with van der Waals surface area (Å²) >= 11 is 5.37. The minimum Gasteiger partial charge on any atom is -0.274 e. The Labute approximate surface area is 87.0 Å². The minimum atomic E-state index is -0.522. The Hall–Kier alpha value is -1.41. The van der Waals surface area contributed by atoms with Crippen LogP contribution in [0.3, 0.4) is 0 Å². The van der Waals surface area contributed by atoms with E-state index in [1.165, 1.54) is 0 Å². The maximum absolute atomic E-state index is 10.9. The molecule has 2 nitrogen and oxygen atoms in total. The van der Waals surface area contributed by atoms with Crippen LogP contribution >= 0.6 is 11.6 Å². The van der Waals surface area contributed by atoms with Crippen LogP contribution in [0, 0.1) is 5.92 Å². The number of halogens is 1. The van der Waals surface area contributed by atoms with Crippen molar-refractivity contribution in [1.29, 1.82) is 0 Å². The fourth-order valence-corrected chi connectivity index (χ4v) is 1.48. The molecule has 0 bridgehead atoms. The molecular formula is C11H8ClNO. The molecule has 1 aliphatic carbocycles. The zero-order valence-corrected chi connectivity index (χ0v) is 8.11. The quantitative estimate of drug-likeness (QED) is 0.605. The number of aliphatic imine (C=N–C) groups is 1. The molecule has 0 amide bonds. The van der Waals surface area contributed by atoms with E-state index in [9.17, 15) is 4.79 Å². The van der Waals surface area contributed by atoms with Gasteiger partial charge < -0.3 is 0 Å². The molecule has 0 aromatic rings. The molecule has 1 unspecified atom stereocenters. The molecule has 3 heteroatoms. The summed E-state index contributed by atoms with van der Waals surface area (Å²) in [7, 11) is 0. The molecule has 0 fully saturated rings. The summed E-state index contributed by atoms with van der Waals surface area (Å²) in [5.41, 5.74) is 1.14. The summed E-state index contributed by atoms with van der Waals surface area (Å²) in [6.07, 6.45) is 13.2. The standard InChI is InChI=1S/C11H8ClNO/c12-11(14)10-7-3-5-8-4-1-2-6-9(8)13-10/h1-8H. The van der Waals surface area contributed by atoms with E-state index < -0.39 is 5.24 Å². The minimum absolute atomic E-state index is 0.157. The van der Waals surface area contributed by atoms with Crippen molar-refractivity contribution in [3.63, 3.8) is 0 Å². The Morgan fingerprint density at radius 2 is 2.07 bits per heavy atom. The van der Waals surface area contributed by atoms with Crippen LogP contribution < -0.4 is 0 Å². The molecule has 2 aliphatic rings. The Kier molecular flexibility index (Phi) is 2.46. The Morgan fingerprint density at radius 3 is 2.86 bits per heavy atom. The van der Waals surface area contributed by atoms with Crippen molar-refractivity contribution in [2.24, 2.45) is 10.9 Å². The number of fused-ring (bicyclic) bond motifs is 1. The number of rotatable bonds is 1. The molecule has 1 atom stereocenters. The summed E-state index contributed by atoms with van der Waals surface area (Å²) in [4.78, 5) is 15.1. The number of hydrogen-bond acceptors (Lipinski definition) is 2. The predicted octanol–water partition coefficient (Wildman–Crippen LogP) is 2.39. The Morgan fingerprint density at radius 1 is 1.29 bits per heavy atom. The van der Waals surface area contributed by atoms with Gasteiger partial charge >= 0.3 is 0 Å². The molecular weight excluding hydrogens is 198 g/mol. The van der Waals surface area contributed by atoms with E-state index in [-0.39, 0.29) is 5.92 Å². The highest BCUT2D eigenvalue weighted by molar-refractivity contribution is 6.67. The smallest absolute Gasteiger partial charge is 0.270 e. The lowest BCUT2D eigenvalue weighted by Crippen LogP contribution is -2.09. The largest absolute Gasteiger partial charge is 0.274 e. The SMILES string of the molecule is O=C(Cl)C1=CC=CC2C=CC=CC2=N1. The summed E-state index contributed by atoms with van der Waals surface area (Å²) < 4.78 is 0. The second-order valence-corrected chi connectivity index (χ2v) is 3.36. The normalized spacial score (nSPS) is 23.6. The van der Waals surface area contributed by atoms with Gasteiger partial charge in [-0.3, -0.25) is 4.79 Å². The second kappa shape index (κ2) is 3.76. The van der Waals surface area contributed by atoms with Crippen molar-refractivity contribution in [2.75, 3.05) is 0 Å².